The second-order valence-electron chi connectivity index (χ2n) is 8.46. The Kier molecular flexibility index (Phi) is 10.3. The van der Waals surface area contributed by atoms with Crippen molar-refractivity contribution < 1.29 is 0 Å². The van der Waals surface area contributed by atoms with E-state index in [0.717, 1.165) is 0 Å². The predicted molar refractivity (Wildman–Crippen MR) is 149 cm³/mol. The highest BCUT2D eigenvalue weighted by Crippen LogP contribution is 2.36. The number of nitrogens with one attached hydrogen (secondary N) is 1. The third kappa shape index (κ3) is 6.17. The zero-order valence-electron chi connectivity index (χ0n) is 21.2. The van der Waals surface area contributed by atoms with E-state index in [2.05, 4.69) is 112 Å². The fourth-order valence-electron chi connectivity index (χ4n) is 3.79. The van der Waals surface area contributed by atoms with Crippen molar-refractivity contribution in [2.24, 2.45) is 0 Å². The Morgan fingerprint density at radius 2 is 1.41 bits per heavy atom. The van der Waals surface area contributed by atoms with Crippen molar-refractivity contribution >= 4 is 45.2 Å². The Morgan fingerprint density at radius 1 is 0.812 bits per heavy atom. The molecular formula is C28H40N2S2. The van der Waals surface area contributed by atoms with Crippen molar-refractivity contribution in [1.29, 1.82) is 0 Å². The molecule has 0 aliphatic heterocycles. The van der Waals surface area contributed by atoms with Crippen molar-refractivity contribution in [2.75, 3.05) is 6.26 Å². The van der Waals surface area contributed by atoms with Gasteiger partial charge in [0.15, 0.2) is 0 Å². The van der Waals surface area contributed by atoms with Crippen molar-refractivity contribution in [3.8, 4) is 0 Å². The van der Waals surface area contributed by atoms with E-state index in [9.17, 15) is 0 Å². The Balaban J connectivity index is 0.000000212. The summed E-state index contributed by atoms with van der Waals surface area (Å²) in [7, 11) is 0. The zero-order valence-corrected chi connectivity index (χ0v) is 22.8. The maximum atomic E-state index is 3.54. The highest BCUT2D eigenvalue weighted by Gasteiger charge is 2.15. The molecule has 0 fully saturated rings. The molecular weight excluding hydrogens is 428 g/mol. The van der Waals surface area contributed by atoms with Gasteiger partial charge in [-0.15, -0.1) is 23.5 Å². The molecule has 0 aliphatic rings. The molecule has 1 N–H and O–H groups in total. The summed E-state index contributed by atoms with van der Waals surface area (Å²) in [5.74, 6) is 0.567. The average molecular weight is 469 g/mol. The van der Waals surface area contributed by atoms with Gasteiger partial charge in [0.1, 0.15) is 0 Å². The lowest BCUT2D eigenvalue weighted by Gasteiger charge is -2.10. The molecule has 0 radical (unpaired) electrons. The van der Waals surface area contributed by atoms with E-state index < -0.39 is 0 Å². The fourth-order valence-corrected chi connectivity index (χ4v) is 5.78. The summed E-state index contributed by atoms with van der Waals surface area (Å²) in [6, 6.07) is 17.7. The van der Waals surface area contributed by atoms with Gasteiger partial charge in [-0.1, -0.05) is 84.0 Å². The third-order valence-electron chi connectivity index (χ3n) is 5.09. The van der Waals surface area contributed by atoms with Gasteiger partial charge in [0.05, 0.1) is 10.1 Å². The normalized spacial score (nSPS) is 11.1. The summed E-state index contributed by atoms with van der Waals surface area (Å²) in [6.07, 6.45) is 4.38. The lowest BCUT2D eigenvalue weighted by molar-refractivity contribution is 0.565. The standard InChI is InChI=1S/C14H19NS.C12H15NS.C2H6/c1-9(2)13-11-7-5-6-8-12(11)15-14(13)16-10(3)4;1-9(2)13-8-10-6-4-5-7-11(10)12(13)14-3;1-2/h5-10,15H,1-4H3;4-9H,1-3H3;1-2H3. The SMILES string of the molecule is CC.CC(C)Sc1[nH]c2ccccc2c1C(C)C.CSc1c2ccccc2cn1C(C)C. The first-order chi connectivity index (χ1) is 15.3. The van der Waals surface area contributed by atoms with Gasteiger partial charge in [0, 0.05) is 39.2 Å². The Hall–Kier alpha value is -1.78. The Bertz CT molecular complexity index is 1100. The van der Waals surface area contributed by atoms with Crippen LogP contribution in [0, 0.1) is 0 Å². The van der Waals surface area contributed by atoms with Crippen LogP contribution < -0.4 is 0 Å². The second kappa shape index (κ2) is 12.5. The number of thioether (sulfide) groups is 2. The zero-order chi connectivity index (χ0) is 23.8. The number of rotatable bonds is 5. The molecule has 0 aliphatic carbocycles. The molecule has 2 heterocycles. The third-order valence-corrected chi connectivity index (χ3v) is 6.94. The summed E-state index contributed by atoms with van der Waals surface area (Å²) in [5, 5.41) is 7.41. The van der Waals surface area contributed by atoms with E-state index in [4.69, 9.17) is 0 Å². The maximum Gasteiger partial charge on any atom is 0.0827 e. The van der Waals surface area contributed by atoms with Crippen LogP contribution in [0.3, 0.4) is 0 Å². The van der Waals surface area contributed by atoms with E-state index >= 15 is 0 Å². The molecule has 32 heavy (non-hydrogen) atoms. The van der Waals surface area contributed by atoms with Gasteiger partial charge in [-0.3, -0.25) is 0 Å². The Morgan fingerprint density at radius 3 is 1.97 bits per heavy atom. The minimum absolute atomic E-state index is 0.532. The molecule has 4 rings (SSSR count). The van der Waals surface area contributed by atoms with Gasteiger partial charge in [-0.25, -0.2) is 0 Å². The van der Waals surface area contributed by atoms with Crippen LogP contribution in [0.4, 0.5) is 0 Å². The first-order valence-corrected chi connectivity index (χ1v) is 13.8. The fraction of sp³-hybridized carbons (Fsp3) is 0.429. The second-order valence-corrected chi connectivity index (χ2v) is 10.8. The van der Waals surface area contributed by atoms with Crippen LogP contribution in [0.1, 0.15) is 72.9 Å². The average Bonchev–Trinajstić information content (AvgIpc) is 3.33. The van der Waals surface area contributed by atoms with Gasteiger partial charge >= 0.3 is 0 Å². The molecule has 2 nitrogen and oxygen atoms in total. The first kappa shape index (κ1) is 26.5. The number of benzene rings is 2. The summed E-state index contributed by atoms with van der Waals surface area (Å²) >= 11 is 3.75. The number of aromatic amines is 1. The monoisotopic (exact) mass is 468 g/mol. The van der Waals surface area contributed by atoms with Crippen LogP contribution in [0.25, 0.3) is 21.7 Å². The van der Waals surface area contributed by atoms with E-state index in [1.165, 1.54) is 37.3 Å². The van der Waals surface area contributed by atoms with Crippen LogP contribution in [-0.4, -0.2) is 21.1 Å². The van der Waals surface area contributed by atoms with Crippen LogP contribution in [0.5, 0.6) is 0 Å². The van der Waals surface area contributed by atoms with Gasteiger partial charge in [0.25, 0.3) is 0 Å². The molecule has 0 bridgehead atoms. The van der Waals surface area contributed by atoms with E-state index in [1.54, 1.807) is 0 Å². The highest BCUT2D eigenvalue weighted by molar-refractivity contribution is 7.99. The largest absolute Gasteiger partial charge is 0.349 e. The topological polar surface area (TPSA) is 20.7 Å². The van der Waals surface area contributed by atoms with E-state index in [1.807, 2.05) is 37.4 Å². The molecule has 4 aromatic rings. The molecule has 2 aromatic heterocycles. The minimum atomic E-state index is 0.532. The molecule has 174 valence electrons. The van der Waals surface area contributed by atoms with Gasteiger partial charge in [0.2, 0.25) is 0 Å². The summed E-state index contributed by atoms with van der Waals surface area (Å²) in [6.45, 7) is 17.4. The van der Waals surface area contributed by atoms with Gasteiger partial charge in [-0.05, 0) is 37.7 Å². The first-order valence-electron chi connectivity index (χ1n) is 11.7. The molecule has 0 saturated heterocycles. The van der Waals surface area contributed by atoms with Crippen LogP contribution in [-0.2, 0) is 0 Å². The molecule has 0 spiro atoms. The van der Waals surface area contributed by atoms with Gasteiger partial charge in [-0.2, -0.15) is 0 Å². The van der Waals surface area contributed by atoms with Crippen molar-refractivity contribution in [3.63, 3.8) is 0 Å². The highest BCUT2D eigenvalue weighted by atomic mass is 32.2. The maximum absolute atomic E-state index is 3.54. The number of aromatic nitrogens is 2. The Labute approximate surface area is 203 Å². The van der Waals surface area contributed by atoms with E-state index in [0.29, 0.717) is 17.2 Å². The minimum Gasteiger partial charge on any atom is -0.349 e. The summed E-state index contributed by atoms with van der Waals surface area (Å²) in [4.78, 5) is 3.54. The van der Waals surface area contributed by atoms with Crippen LogP contribution in [0.15, 0.2) is 64.8 Å². The number of H-pyrrole nitrogens is 1. The molecule has 0 saturated carbocycles. The summed E-state index contributed by atoms with van der Waals surface area (Å²) < 4.78 is 2.34. The smallest absolute Gasteiger partial charge is 0.0827 e. The van der Waals surface area contributed by atoms with Gasteiger partial charge < -0.3 is 9.55 Å². The number of fused-ring (bicyclic) bond motifs is 2. The van der Waals surface area contributed by atoms with E-state index in [-0.39, 0.29) is 0 Å². The number of hydrogen-bond donors (Lipinski definition) is 1. The number of para-hydroxylation sites is 1. The number of nitrogens with zero attached hydrogens (tertiary/aromatic N) is 1. The number of hydrogen-bond acceptors (Lipinski definition) is 2. The molecule has 2 aromatic carbocycles. The predicted octanol–water partition coefficient (Wildman–Crippen LogP) is 9.76. The lowest BCUT2D eigenvalue weighted by atomic mass is 10.0. The molecule has 0 atom stereocenters. The molecule has 4 heteroatoms. The van der Waals surface area contributed by atoms with Crippen LogP contribution >= 0.6 is 23.5 Å². The molecule has 0 amide bonds. The van der Waals surface area contributed by atoms with Crippen molar-refractivity contribution in [2.45, 2.75) is 82.7 Å². The quantitative estimate of drug-likeness (QED) is 0.294. The lowest BCUT2D eigenvalue weighted by Crippen LogP contribution is -1.99. The molecule has 0 unspecified atom stereocenters. The van der Waals surface area contributed by atoms with Crippen molar-refractivity contribution in [1.82, 2.24) is 9.55 Å². The van der Waals surface area contributed by atoms with Crippen molar-refractivity contribution in [3.05, 3.63) is 60.3 Å². The summed E-state index contributed by atoms with van der Waals surface area (Å²) in [5.41, 5.74) is 2.73. The van der Waals surface area contributed by atoms with Crippen LogP contribution in [0.2, 0.25) is 0 Å².